The van der Waals surface area contributed by atoms with E-state index in [9.17, 15) is 12.3 Å². The zero-order valence-electron chi connectivity index (χ0n) is 7.65. The fraction of sp³-hybridized carbons (Fsp3) is 0.571. The highest BCUT2D eigenvalue weighted by atomic mass is 32.3. The Hall–Kier alpha value is -0.910. The smallest absolute Gasteiger partial charge is 0.320 e. The minimum atomic E-state index is -4.65. The Morgan fingerprint density at radius 2 is 2.08 bits per heavy atom. The Morgan fingerprint density at radius 1 is 1.54 bits per heavy atom. The average Bonchev–Trinajstić information content (AvgIpc) is 2.28. The van der Waals surface area contributed by atoms with Crippen LogP contribution in [0.15, 0.2) is 11.2 Å². The van der Waals surface area contributed by atoms with E-state index in [1.807, 2.05) is 13.8 Å². The quantitative estimate of drug-likeness (QED) is 0.683. The first-order valence-electron chi connectivity index (χ1n) is 3.80. The minimum Gasteiger partial charge on any atom is -0.320 e. The van der Waals surface area contributed by atoms with E-state index in [0.29, 0.717) is 5.82 Å². The van der Waals surface area contributed by atoms with Crippen molar-refractivity contribution in [2.45, 2.75) is 24.8 Å². The molecule has 0 unspecified atom stereocenters. The summed E-state index contributed by atoms with van der Waals surface area (Å²) < 4.78 is 34.9. The molecule has 0 aliphatic carbocycles. The van der Waals surface area contributed by atoms with Crippen molar-refractivity contribution in [1.29, 1.82) is 0 Å². The van der Waals surface area contributed by atoms with E-state index in [-0.39, 0.29) is 5.92 Å². The zero-order chi connectivity index (χ0) is 10.2. The predicted molar refractivity (Wildman–Crippen MR) is 45.6 cm³/mol. The number of hydrogen-bond acceptors (Lipinski definition) is 3. The van der Waals surface area contributed by atoms with Crippen molar-refractivity contribution in [3.05, 3.63) is 12.0 Å². The van der Waals surface area contributed by atoms with Gasteiger partial charge in [-0.2, -0.15) is 8.42 Å². The number of aromatic nitrogens is 2. The predicted octanol–water partition coefficient (Wildman–Crippen LogP) is 1.20. The number of halogens is 1. The first kappa shape index (κ1) is 10.2. The molecule has 0 bridgehead atoms. The molecule has 4 nitrogen and oxygen atoms in total. The number of imidazole rings is 1. The lowest BCUT2D eigenvalue weighted by Crippen LogP contribution is -2.05. The van der Waals surface area contributed by atoms with Crippen LogP contribution in [0.3, 0.4) is 0 Å². The third kappa shape index (κ3) is 1.88. The van der Waals surface area contributed by atoms with Gasteiger partial charge in [-0.15, -0.1) is 0 Å². The molecule has 0 saturated heterocycles. The topological polar surface area (TPSA) is 52.0 Å². The first-order valence-corrected chi connectivity index (χ1v) is 5.18. The largest absolute Gasteiger partial charge is 0.349 e. The Morgan fingerprint density at radius 3 is 2.31 bits per heavy atom. The molecular weight excluding hydrogens is 195 g/mol. The Bertz CT molecular complexity index is 408. The van der Waals surface area contributed by atoms with E-state index >= 15 is 0 Å². The molecule has 1 aromatic heterocycles. The molecule has 0 aromatic carbocycles. The van der Waals surface area contributed by atoms with Crippen LogP contribution in [0.2, 0.25) is 0 Å². The van der Waals surface area contributed by atoms with E-state index in [2.05, 4.69) is 4.98 Å². The normalized spacial score (nSPS) is 12.4. The molecule has 1 rings (SSSR count). The molecule has 6 heteroatoms. The van der Waals surface area contributed by atoms with Gasteiger partial charge in [0.05, 0.1) is 6.20 Å². The molecule has 74 valence electrons. The lowest BCUT2D eigenvalue weighted by Gasteiger charge is -2.05. The second-order valence-electron chi connectivity index (χ2n) is 3.11. The number of hydrogen-bond donors (Lipinski definition) is 0. The van der Waals surface area contributed by atoms with Gasteiger partial charge in [-0.25, -0.2) is 4.98 Å². The van der Waals surface area contributed by atoms with Gasteiger partial charge in [0.1, 0.15) is 5.82 Å². The molecule has 0 spiro atoms. The Kier molecular flexibility index (Phi) is 2.42. The van der Waals surface area contributed by atoms with Crippen molar-refractivity contribution in [3.8, 4) is 0 Å². The fourth-order valence-corrected chi connectivity index (χ4v) is 1.77. The third-order valence-electron chi connectivity index (χ3n) is 1.75. The summed E-state index contributed by atoms with van der Waals surface area (Å²) in [4.78, 5) is 3.83. The summed E-state index contributed by atoms with van der Waals surface area (Å²) in [5, 5.41) is -0.392. The molecule has 0 radical (unpaired) electrons. The minimum absolute atomic E-state index is 0.0699. The van der Waals surface area contributed by atoms with Gasteiger partial charge >= 0.3 is 10.2 Å². The molecule has 0 amide bonds. The lowest BCUT2D eigenvalue weighted by molar-refractivity contribution is 0.538. The Balaban J connectivity index is 3.30. The van der Waals surface area contributed by atoms with Crippen LogP contribution in [0.5, 0.6) is 0 Å². The van der Waals surface area contributed by atoms with Gasteiger partial charge in [-0.1, -0.05) is 17.7 Å². The molecule has 0 aliphatic rings. The van der Waals surface area contributed by atoms with E-state index < -0.39 is 15.2 Å². The maximum Gasteiger partial charge on any atom is 0.349 e. The zero-order valence-corrected chi connectivity index (χ0v) is 8.47. The monoisotopic (exact) mass is 206 g/mol. The Labute approximate surface area is 76.6 Å². The maximum absolute atomic E-state index is 12.6. The highest BCUT2D eigenvalue weighted by molar-refractivity contribution is 7.86. The average molecular weight is 206 g/mol. The van der Waals surface area contributed by atoms with Crippen molar-refractivity contribution in [3.63, 3.8) is 0 Å². The van der Waals surface area contributed by atoms with Crippen molar-refractivity contribution < 1.29 is 12.3 Å². The standard InChI is InChI=1S/C7H11FN2O2S/c1-5(2)7-9-4-6(10(7)3)13(8,11)12/h4-5H,1-3H3. The van der Waals surface area contributed by atoms with Crippen molar-refractivity contribution in [2.75, 3.05) is 0 Å². The second kappa shape index (κ2) is 3.10. The molecular formula is C7H11FN2O2S. The van der Waals surface area contributed by atoms with Gasteiger partial charge in [0.2, 0.25) is 0 Å². The third-order valence-corrected chi connectivity index (χ3v) is 2.63. The SMILES string of the molecule is CC(C)c1ncc(S(=O)(=O)F)n1C. The van der Waals surface area contributed by atoms with Gasteiger partial charge in [0, 0.05) is 13.0 Å². The van der Waals surface area contributed by atoms with Crippen LogP contribution in [0.25, 0.3) is 0 Å². The molecule has 0 fully saturated rings. The highest BCUT2D eigenvalue weighted by Crippen LogP contribution is 2.18. The summed E-state index contributed by atoms with van der Waals surface area (Å²) in [6, 6.07) is 0. The van der Waals surface area contributed by atoms with Crippen LogP contribution >= 0.6 is 0 Å². The van der Waals surface area contributed by atoms with Crippen LogP contribution in [0, 0.1) is 0 Å². The van der Waals surface area contributed by atoms with Crippen molar-refractivity contribution in [2.24, 2.45) is 7.05 Å². The van der Waals surface area contributed by atoms with E-state index in [4.69, 9.17) is 0 Å². The molecule has 13 heavy (non-hydrogen) atoms. The molecule has 0 atom stereocenters. The van der Waals surface area contributed by atoms with Crippen LogP contribution in [-0.4, -0.2) is 18.0 Å². The summed E-state index contributed by atoms with van der Waals surface area (Å²) >= 11 is 0. The first-order chi connectivity index (χ1) is 5.84. The van der Waals surface area contributed by atoms with Crippen LogP contribution in [0.4, 0.5) is 3.89 Å². The lowest BCUT2D eigenvalue weighted by atomic mass is 10.2. The van der Waals surface area contributed by atoms with Crippen LogP contribution in [0.1, 0.15) is 25.6 Å². The molecule has 0 N–H and O–H groups in total. The van der Waals surface area contributed by atoms with Crippen LogP contribution in [-0.2, 0) is 17.3 Å². The van der Waals surface area contributed by atoms with Gasteiger partial charge < -0.3 is 4.57 Å². The molecule has 1 heterocycles. The summed E-state index contributed by atoms with van der Waals surface area (Å²) in [5.41, 5.74) is 0. The van der Waals surface area contributed by atoms with Gasteiger partial charge in [-0.3, -0.25) is 0 Å². The van der Waals surface area contributed by atoms with Crippen LogP contribution < -0.4 is 0 Å². The summed E-state index contributed by atoms with van der Waals surface area (Å²) in [6.07, 6.45) is 1.03. The maximum atomic E-state index is 12.6. The molecule has 1 aromatic rings. The number of rotatable bonds is 2. The highest BCUT2D eigenvalue weighted by Gasteiger charge is 2.20. The van der Waals surface area contributed by atoms with Crippen molar-refractivity contribution >= 4 is 10.2 Å². The van der Waals surface area contributed by atoms with Gasteiger partial charge in [-0.05, 0) is 0 Å². The van der Waals surface area contributed by atoms with E-state index in [0.717, 1.165) is 6.20 Å². The molecule has 0 aliphatic heterocycles. The summed E-state index contributed by atoms with van der Waals surface area (Å²) in [7, 11) is -3.16. The van der Waals surface area contributed by atoms with E-state index in [1.165, 1.54) is 11.6 Å². The second-order valence-corrected chi connectivity index (χ2v) is 4.40. The fourth-order valence-electron chi connectivity index (χ4n) is 1.17. The van der Waals surface area contributed by atoms with Crippen molar-refractivity contribution in [1.82, 2.24) is 9.55 Å². The van der Waals surface area contributed by atoms with Gasteiger partial charge in [0.15, 0.2) is 5.03 Å². The number of nitrogens with zero attached hydrogens (tertiary/aromatic N) is 2. The molecule has 0 saturated carbocycles. The van der Waals surface area contributed by atoms with E-state index in [1.54, 1.807) is 0 Å². The van der Waals surface area contributed by atoms with Gasteiger partial charge in [0.25, 0.3) is 0 Å². The summed E-state index contributed by atoms with van der Waals surface area (Å²) in [5.74, 6) is 0.622. The summed E-state index contributed by atoms with van der Waals surface area (Å²) in [6.45, 7) is 3.72.